The van der Waals surface area contributed by atoms with Gasteiger partial charge in [0.1, 0.15) is 11.6 Å². The SMILES string of the molecule is CCOC(=O)c1ccc(NC(=O)N2CCc3nc(C)nc(N(C)C)c3C2)cc1. The number of hydrogen-bond donors (Lipinski definition) is 1. The molecule has 28 heavy (non-hydrogen) atoms. The highest BCUT2D eigenvalue weighted by molar-refractivity contribution is 5.92. The molecule has 1 aromatic carbocycles. The Labute approximate surface area is 164 Å². The predicted molar refractivity (Wildman–Crippen MR) is 107 cm³/mol. The maximum absolute atomic E-state index is 12.7. The average Bonchev–Trinajstić information content (AvgIpc) is 2.67. The minimum absolute atomic E-state index is 0.195. The van der Waals surface area contributed by atoms with Gasteiger partial charge >= 0.3 is 12.0 Å². The van der Waals surface area contributed by atoms with Crippen molar-refractivity contribution >= 4 is 23.5 Å². The van der Waals surface area contributed by atoms with Crippen molar-refractivity contribution in [2.24, 2.45) is 0 Å². The van der Waals surface area contributed by atoms with E-state index in [0.717, 1.165) is 22.9 Å². The van der Waals surface area contributed by atoms with E-state index in [2.05, 4.69) is 15.3 Å². The fourth-order valence-corrected chi connectivity index (χ4v) is 3.17. The molecule has 0 bridgehead atoms. The van der Waals surface area contributed by atoms with Gasteiger partial charge in [-0.3, -0.25) is 0 Å². The van der Waals surface area contributed by atoms with Gasteiger partial charge in [-0.1, -0.05) is 0 Å². The summed E-state index contributed by atoms with van der Waals surface area (Å²) in [5.41, 5.74) is 3.06. The molecule has 148 valence electrons. The summed E-state index contributed by atoms with van der Waals surface area (Å²) in [7, 11) is 3.87. The third kappa shape index (κ3) is 4.21. The van der Waals surface area contributed by atoms with Gasteiger partial charge in [0.15, 0.2) is 0 Å². The largest absolute Gasteiger partial charge is 0.462 e. The van der Waals surface area contributed by atoms with Crippen LogP contribution in [0.15, 0.2) is 24.3 Å². The van der Waals surface area contributed by atoms with E-state index < -0.39 is 0 Å². The smallest absolute Gasteiger partial charge is 0.338 e. The van der Waals surface area contributed by atoms with Crippen LogP contribution in [0.4, 0.5) is 16.3 Å². The monoisotopic (exact) mass is 383 g/mol. The summed E-state index contributed by atoms with van der Waals surface area (Å²) in [6, 6.07) is 6.47. The van der Waals surface area contributed by atoms with Crippen LogP contribution in [0.2, 0.25) is 0 Å². The van der Waals surface area contributed by atoms with Crippen molar-refractivity contribution in [2.75, 3.05) is 37.5 Å². The van der Waals surface area contributed by atoms with Crippen LogP contribution in [0.1, 0.15) is 34.4 Å². The van der Waals surface area contributed by atoms with Crippen LogP contribution in [0.3, 0.4) is 0 Å². The summed E-state index contributed by atoms with van der Waals surface area (Å²) < 4.78 is 4.97. The number of carbonyl (C=O) groups is 2. The highest BCUT2D eigenvalue weighted by Crippen LogP contribution is 2.26. The zero-order valence-corrected chi connectivity index (χ0v) is 16.7. The molecule has 1 N–H and O–H groups in total. The first-order chi connectivity index (χ1) is 13.4. The third-order valence-electron chi connectivity index (χ3n) is 4.51. The van der Waals surface area contributed by atoms with Crippen molar-refractivity contribution in [1.29, 1.82) is 0 Å². The van der Waals surface area contributed by atoms with E-state index >= 15 is 0 Å². The standard InChI is InChI=1S/C20H25N5O3/c1-5-28-19(26)14-6-8-15(9-7-14)23-20(27)25-11-10-17-16(12-25)18(24(3)4)22-13(2)21-17/h6-9H,5,10-12H2,1-4H3,(H,23,27). The van der Waals surface area contributed by atoms with E-state index in [0.29, 0.717) is 37.4 Å². The third-order valence-corrected chi connectivity index (χ3v) is 4.51. The van der Waals surface area contributed by atoms with Crippen LogP contribution in [0.5, 0.6) is 0 Å². The number of amides is 2. The Balaban J connectivity index is 1.70. The molecule has 0 aliphatic carbocycles. The summed E-state index contributed by atoms with van der Waals surface area (Å²) >= 11 is 0. The van der Waals surface area contributed by atoms with Gasteiger partial charge in [-0.15, -0.1) is 0 Å². The lowest BCUT2D eigenvalue weighted by Crippen LogP contribution is -2.40. The summed E-state index contributed by atoms with van der Waals surface area (Å²) in [6.07, 6.45) is 0.689. The molecule has 2 aromatic rings. The van der Waals surface area contributed by atoms with Gasteiger partial charge in [-0.25, -0.2) is 19.6 Å². The number of urea groups is 1. The quantitative estimate of drug-likeness (QED) is 0.817. The van der Waals surface area contributed by atoms with Gasteiger partial charge < -0.3 is 19.9 Å². The molecule has 0 fully saturated rings. The predicted octanol–water partition coefficient (Wildman–Crippen LogP) is 2.62. The number of rotatable bonds is 4. The fourth-order valence-electron chi connectivity index (χ4n) is 3.17. The fraction of sp³-hybridized carbons (Fsp3) is 0.400. The minimum atomic E-state index is -0.375. The lowest BCUT2D eigenvalue weighted by atomic mass is 10.1. The molecule has 1 aliphatic heterocycles. The van der Waals surface area contributed by atoms with Crippen molar-refractivity contribution in [1.82, 2.24) is 14.9 Å². The van der Waals surface area contributed by atoms with Crippen molar-refractivity contribution in [3.63, 3.8) is 0 Å². The average molecular weight is 383 g/mol. The number of hydrogen-bond acceptors (Lipinski definition) is 6. The number of nitrogens with one attached hydrogen (secondary N) is 1. The second-order valence-electron chi connectivity index (χ2n) is 6.81. The highest BCUT2D eigenvalue weighted by atomic mass is 16.5. The van der Waals surface area contributed by atoms with Gasteiger partial charge in [0.05, 0.1) is 24.4 Å². The molecule has 0 radical (unpaired) electrons. The number of ether oxygens (including phenoxy) is 1. The molecule has 0 spiro atoms. The Bertz CT molecular complexity index is 880. The van der Waals surface area contributed by atoms with Crippen molar-refractivity contribution in [3.05, 3.63) is 46.9 Å². The molecule has 1 aromatic heterocycles. The van der Waals surface area contributed by atoms with Gasteiger partial charge in [0.2, 0.25) is 0 Å². The van der Waals surface area contributed by atoms with Gasteiger partial charge in [-0.2, -0.15) is 0 Å². The zero-order valence-electron chi connectivity index (χ0n) is 16.7. The maximum atomic E-state index is 12.7. The van der Waals surface area contributed by atoms with Crippen LogP contribution < -0.4 is 10.2 Å². The van der Waals surface area contributed by atoms with E-state index in [9.17, 15) is 9.59 Å². The van der Waals surface area contributed by atoms with Crippen LogP contribution in [-0.4, -0.2) is 54.1 Å². The lowest BCUT2D eigenvalue weighted by Gasteiger charge is -2.31. The molecule has 2 amide bonds. The second-order valence-corrected chi connectivity index (χ2v) is 6.81. The molecular weight excluding hydrogens is 358 g/mol. The van der Waals surface area contributed by atoms with Crippen LogP contribution >= 0.6 is 0 Å². The van der Waals surface area contributed by atoms with E-state index in [1.54, 1.807) is 36.1 Å². The van der Waals surface area contributed by atoms with Gasteiger partial charge in [0, 0.05) is 38.3 Å². The van der Waals surface area contributed by atoms with Crippen LogP contribution in [0, 0.1) is 6.92 Å². The normalized spacial score (nSPS) is 12.9. The van der Waals surface area contributed by atoms with E-state index in [1.165, 1.54) is 0 Å². The first kappa shape index (κ1) is 19.6. The first-order valence-corrected chi connectivity index (χ1v) is 9.26. The molecule has 0 atom stereocenters. The van der Waals surface area contributed by atoms with Crippen molar-refractivity contribution < 1.29 is 14.3 Å². The van der Waals surface area contributed by atoms with Crippen LogP contribution in [-0.2, 0) is 17.7 Å². The summed E-state index contributed by atoms with van der Waals surface area (Å²) in [4.78, 5) is 37.2. The van der Waals surface area contributed by atoms with Gasteiger partial charge in [-0.05, 0) is 38.1 Å². The molecule has 0 unspecified atom stereocenters. The Morgan fingerprint density at radius 2 is 1.93 bits per heavy atom. The second kappa shape index (κ2) is 8.24. The molecule has 8 nitrogen and oxygen atoms in total. The first-order valence-electron chi connectivity index (χ1n) is 9.26. The van der Waals surface area contributed by atoms with E-state index in [4.69, 9.17) is 4.74 Å². The highest BCUT2D eigenvalue weighted by Gasteiger charge is 2.25. The van der Waals surface area contributed by atoms with Gasteiger partial charge in [0.25, 0.3) is 0 Å². The van der Waals surface area contributed by atoms with E-state index in [1.807, 2.05) is 25.9 Å². The number of carbonyl (C=O) groups excluding carboxylic acids is 2. The Kier molecular flexibility index (Phi) is 5.77. The molecule has 0 saturated carbocycles. The number of nitrogens with zero attached hydrogens (tertiary/aromatic N) is 4. The summed E-state index contributed by atoms with van der Waals surface area (Å²) in [5.74, 6) is 1.21. The topological polar surface area (TPSA) is 87.7 Å². The molecule has 1 aliphatic rings. The number of fused-ring (bicyclic) bond motifs is 1. The molecule has 3 rings (SSSR count). The van der Waals surface area contributed by atoms with Crippen molar-refractivity contribution in [3.8, 4) is 0 Å². The molecular formula is C20H25N5O3. The lowest BCUT2D eigenvalue weighted by molar-refractivity contribution is 0.0526. The van der Waals surface area contributed by atoms with Crippen LogP contribution in [0.25, 0.3) is 0 Å². The van der Waals surface area contributed by atoms with Crippen molar-refractivity contribution in [2.45, 2.75) is 26.8 Å². The summed E-state index contributed by atoms with van der Waals surface area (Å²) in [5, 5.41) is 2.88. The number of aryl methyl sites for hydroxylation is 1. The number of aromatic nitrogens is 2. The Morgan fingerprint density at radius 3 is 2.57 bits per heavy atom. The molecule has 8 heteroatoms. The zero-order chi connectivity index (χ0) is 20.3. The Hall–Kier alpha value is -3.16. The molecule has 2 heterocycles. The molecule has 0 saturated heterocycles. The number of benzene rings is 1. The summed E-state index contributed by atoms with van der Waals surface area (Å²) in [6.45, 7) is 5.01. The number of esters is 1. The minimum Gasteiger partial charge on any atom is -0.462 e. The van der Waals surface area contributed by atoms with E-state index in [-0.39, 0.29) is 12.0 Å². The number of anilines is 2. The maximum Gasteiger partial charge on any atom is 0.338 e. The Morgan fingerprint density at radius 1 is 1.21 bits per heavy atom.